The summed E-state index contributed by atoms with van der Waals surface area (Å²) in [7, 11) is 0. The molecular formula is C14H31NO3. The van der Waals surface area contributed by atoms with E-state index in [4.69, 9.17) is 10.2 Å². The summed E-state index contributed by atoms with van der Waals surface area (Å²) in [5.74, 6) is -2.14. The van der Waals surface area contributed by atoms with Gasteiger partial charge in [-0.05, 0) is 12.8 Å². The number of rotatable bonds is 12. The lowest BCUT2D eigenvalue weighted by Gasteiger charge is -2.31. The third-order valence-electron chi connectivity index (χ3n) is 3.29. The van der Waals surface area contributed by atoms with E-state index in [2.05, 4.69) is 6.92 Å². The van der Waals surface area contributed by atoms with E-state index >= 15 is 0 Å². The van der Waals surface area contributed by atoms with Crippen molar-refractivity contribution in [3.8, 4) is 0 Å². The largest absolute Gasteiger partial charge is 0.630 e. The molecule has 0 aromatic carbocycles. The van der Waals surface area contributed by atoms with E-state index in [0.717, 1.165) is 26.2 Å². The summed E-state index contributed by atoms with van der Waals surface area (Å²) in [5, 5.41) is 28.8. The van der Waals surface area contributed by atoms with Gasteiger partial charge in [0, 0.05) is 6.92 Å². The molecule has 110 valence electrons. The van der Waals surface area contributed by atoms with Crippen molar-refractivity contribution >= 4 is 0 Å². The van der Waals surface area contributed by atoms with Crippen molar-refractivity contribution in [3.05, 3.63) is 5.21 Å². The third kappa shape index (κ3) is 11.0. The first-order valence-corrected chi connectivity index (χ1v) is 7.46. The Kier molecular flexibility index (Phi) is 10.6. The second kappa shape index (κ2) is 10.7. The Morgan fingerprint density at radius 2 is 1.22 bits per heavy atom. The number of quaternary nitrogens is 1. The molecule has 0 fully saturated rings. The van der Waals surface area contributed by atoms with Gasteiger partial charge < -0.3 is 20.5 Å². The van der Waals surface area contributed by atoms with Gasteiger partial charge in [0.1, 0.15) is 0 Å². The van der Waals surface area contributed by atoms with Gasteiger partial charge in [0.05, 0.1) is 6.54 Å². The van der Waals surface area contributed by atoms with Crippen molar-refractivity contribution in [1.82, 2.24) is 0 Å². The maximum absolute atomic E-state index is 11.2. The topological polar surface area (TPSA) is 68.0 Å². The SMILES string of the molecule is CCCCCCCCCCCC[NH+]([O-])C(C)(O)O. The van der Waals surface area contributed by atoms with E-state index in [-0.39, 0.29) is 6.54 Å². The number of hydroxylamine groups is 2. The number of nitrogens with one attached hydrogen (secondary N) is 1. The zero-order valence-electron chi connectivity index (χ0n) is 12.1. The van der Waals surface area contributed by atoms with Gasteiger partial charge in [0.2, 0.25) is 0 Å². The number of hydrogen-bond acceptors (Lipinski definition) is 3. The average Bonchev–Trinajstić information content (AvgIpc) is 2.30. The quantitative estimate of drug-likeness (QED) is 0.286. The van der Waals surface area contributed by atoms with Gasteiger partial charge in [0.15, 0.2) is 0 Å². The summed E-state index contributed by atoms with van der Waals surface area (Å²) in [5.41, 5.74) is 0. The first-order chi connectivity index (χ1) is 8.48. The van der Waals surface area contributed by atoms with Crippen LogP contribution in [0, 0.1) is 5.21 Å². The third-order valence-corrected chi connectivity index (χ3v) is 3.29. The molecule has 0 saturated heterocycles. The second-order valence-corrected chi connectivity index (χ2v) is 5.38. The highest BCUT2D eigenvalue weighted by Gasteiger charge is 2.22. The standard InChI is InChI=1S/C14H31NO3/c1-3-4-5-6-7-8-9-10-11-12-13-15(18)14(2,16)17/h15-17H,3-13H2,1-2H3. The van der Waals surface area contributed by atoms with E-state index < -0.39 is 11.0 Å². The molecule has 0 rings (SSSR count). The molecule has 0 aromatic heterocycles. The minimum absolute atomic E-state index is 0.278. The molecule has 1 atom stereocenters. The van der Waals surface area contributed by atoms with Gasteiger partial charge >= 0.3 is 5.91 Å². The van der Waals surface area contributed by atoms with Crippen LogP contribution in [0.2, 0.25) is 0 Å². The molecule has 0 bridgehead atoms. The van der Waals surface area contributed by atoms with Crippen LogP contribution in [0.5, 0.6) is 0 Å². The molecule has 0 radical (unpaired) electrons. The van der Waals surface area contributed by atoms with Crippen molar-refractivity contribution in [2.75, 3.05) is 6.54 Å². The predicted molar refractivity (Wildman–Crippen MR) is 73.9 cm³/mol. The van der Waals surface area contributed by atoms with Gasteiger partial charge in [0.25, 0.3) is 0 Å². The van der Waals surface area contributed by atoms with Crippen molar-refractivity contribution in [3.63, 3.8) is 0 Å². The fourth-order valence-electron chi connectivity index (χ4n) is 2.01. The Morgan fingerprint density at radius 3 is 1.61 bits per heavy atom. The van der Waals surface area contributed by atoms with Gasteiger partial charge in [-0.25, -0.2) is 0 Å². The van der Waals surface area contributed by atoms with Crippen molar-refractivity contribution in [1.29, 1.82) is 0 Å². The van der Waals surface area contributed by atoms with Crippen LogP contribution in [0.15, 0.2) is 0 Å². The lowest BCUT2D eigenvalue weighted by molar-refractivity contribution is -0.962. The zero-order chi connectivity index (χ0) is 13.9. The number of unbranched alkanes of at least 4 members (excludes halogenated alkanes) is 9. The first-order valence-electron chi connectivity index (χ1n) is 7.46. The van der Waals surface area contributed by atoms with E-state index in [1.165, 1.54) is 44.9 Å². The van der Waals surface area contributed by atoms with Crippen LogP contribution >= 0.6 is 0 Å². The Bertz CT molecular complexity index is 180. The molecule has 0 heterocycles. The van der Waals surface area contributed by atoms with Crippen molar-refractivity contribution in [2.24, 2.45) is 0 Å². The van der Waals surface area contributed by atoms with Gasteiger partial charge in [-0.15, -0.1) is 0 Å². The van der Waals surface area contributed by atoms with Crippen LogP contribution in [-0.2, 0) is 0 Å². The van der Waals surface area contributed by atoms with E-state index in [1.54, 1.807) is 0 Å². The average molecular weight is 261 g/mol. The molecule has 0 saturated carbocycles. The molecule has 0 aliphatic rings. The van der Waals surface area contributed by atoms with Crippen LogP contribution in [0.1, 0.15) is 78.1 Å². The Morgan fingerprint density at radius 1 is 0.833 bits per heavy atom. The highest BCUT2D eigenvalue weighted by atomic mass is 16.6. The molecule has 3 N–H and O–H groups in total. The van der Waals surface area contributed by atoms with E-state index in [1.807, 2.05) is 0 Å². The lowest BCUT2D eigenvalue weighted by Crippen LogP contribution is -3.16. The minimum atomic E-state index is -2.14. The number of hydrogen-bond donors (Lipinski definition) is 3. The van der Waals surface area contributed by atoms with Crippen LogP contribution in [0.25, 0.3) is 0 Å². The summed E-state index contributed by atoms with van der Waals surface area (Å²) >= 11 is 0. The summed E-state index contributed by atoms with van der Waals surface area (Å²) in [6.45, 7) is 3.64. The van der Waals surface area contributed by atoms with Gasteiger partial charge in [-0.3, -0.25) is 0 Å². The first kappa shape index (κ1) is 17.8. The predicted octanol–water partition coefficient (Wildman–Crippen LogP) is 1.95. The smallest absolute Gasteiger partial charge is 0.309 e. The Balaban J connectivity index is 3.17. The van der Waals surface area contributed by atoms with Gasteiger partial charge in [-0.2, -0.15) is 0 Å². The van der Waals surface area contributed by atoms with Gasteiger partial charge in [-0.1, -0.05) is 58.3 Å². The highest BCUT2D eigenvalue weighted by Crippen LogP contribution is 2.10. The van der Waals surface area contributed by atoms with E-state index in [0.29, 0.717) is 0 Å². The molecule has 0 aromatic rings. The fraction of sp³-hybridized carbons (Fsp3) is 1.00. The van der Waals surface area contributed by atoms with E-state index in [9.17, 15) is 5.21 Å². The van der Waals surface area contributed by atoms with Crippen LogP contribution in [0.4, 0.5) is 0 Å². The zero-order valence-corrected chi connectivity index (χ0v) is 12.1. The maximum Gasteiger partial charge on any atom is 0.309 e. The number of aliphatic hydroxyl groups is 2. The van der Waals surface area contributed by atoms with Crippen LogP contribution < -0.4 is 5.06 Å². The molecule has 0 spiro atoms. The maximum atomic E-state index is 11.2. The molecule has 0 aliphatic carbocycles. The van der Waals surface area contributed by atoms with Crippen molar-refractivity contribution < 1.29 is 15.3 Å². The molecule has 18 heavy (non-hydrogen) atoms. The van der Waals surface area contributed by atoms with Crippen molar-refractivity contribution in [2.45, 2.75) is 84.0 Å². The molecule has 0 aliphatic heterocycles. The molecule has 4 heteroatoms. The summed E-state index contributed by atoms with van der Waals surface area (Å²) in [6, 6.07) is 0. The summed E-state index contributed by atoms with van der Waals surface area (Å²) in [6.07, 6.45) is 12.1. The highest BCUT2D eigenvalue weighted by molar-refractivity contribution is 4.47. The molecular weight excluding hydrogens is 230 g/mol. The Hall–Kier alpha value is -0.160. The second-order valence-electron chi connectivity index (χ2n) is 5.38. The molecule has 1 unspecified atom stereocenters. The molecule has 0 amide bonds. The molecule has 4 nitrogen and oxygen atoms in total. The Labute approximate surface area is 112 Å². The normalized spacial score (nSPS) is 13.8. The fourth-order valence-corrected chi connectivity index (χ4v) is 2.01. The lowest BCUT2D eigenvalue weighted by atomic mass is 10.1. The monoisotopic (exact) mass is 261 g/mol. The van der Waals surface area contributed by atoms with Crippen LogP contribution in [0.3, 0.4) is 0 Å². The summed E-state index contributed by atoms with van der Waals surface area (Å²) < 4.78 is 0. The van der Waals surface area contributed by atoms with Crippen LogP contribution in [-0.4, -0.2) is 22.7 Å². The summed E-state index contributed by atoms with van der Waals surface area (Å²) in [4.78, 5) is 0. The minimum Gasteiger partial charge on any atom is -0.630 e.